The van der Waals surface area contributed by atoms with Crippen LogP contribution >= 0.6 is 0 Å². The Hall–Kier alpha value is -0.860. The van der Waals surface area contributed by atoms with Gasteiger partial charge in [0.25, 0.3) is 0 Å². The van der Waals surface area contributed by atoms with Crippen molar-refractivity contribution in [2.24, 2.45) is 0 Å². The van der Waals surface area contributed by atoms with Crippen molar-refractivity contribution in [1.82, 2.24) is 5.32 Å². The van der Waals surface area contributed by atoms with Crippen LogP contribution in [0.3, 0.4) is 0 Å². The quantitative estimate of drug-likeness (QED) is 0.776. The minimum atomic E-state index is -0.0651. The van der Waals surface area contributed by atoms with Crippen LogP contribution in [0.1, 0.15) is 71.6 Å². The minimum Gasteiger partial charge on any atom is -0.379 e. The fourth-order valence-electron chi connectivity index (χ4n) is 2.69. The zero-order chi connectivity index (χ0) is 16.1. The Morgan fingerprint density at radius 1 is 1.10 bits per heavy atom. The van der Waals surface area contributed by atoms with Crippen LogP contribution in [0.25, 0.3) is 0 Å². The largest absolute Gasteiger partial charge is 0.379 e. The van der Waals surface area contributed by atoms with Crippen molar-refractivity contribution in [2.75, 3.05) is 13.7 Å². The van der Waals surface area contributed by atoms with Crippen molar-refractivity contribution in [3.8, 4) is 0 Å². The number of ether oxygens (including phenoxy) is 1. The standard InChI is InChI=1S/C19H33NO/c1-8-20-17(13-14-19(5,6)21-7)15-11-9-10-12-16(15)18(2,3)4/h9-12,17,20H,8,13-14H2,1-7H3. The van der Waals surface area contributed by atoms with Gasteiger partial charge in [-0.1, -0.05) is 52.0 Å². The van der Waals surface area contributed by atoms with Crippen molar-refractivity contribution >= 4 is 0 Å². The highest BCUT2D eigenvalue weighted by Gasteiger charge is 2.24. The van der Waals surface area contributed by atoms with E-state index in [9.17, 15) is 0 Å². The molecule has 0 radical (unpaired) electrons. The zero-order valence-corrected chi connectivity index (χ0v) is 14.9. The Bertz CT molecular complexity index is 431. The summed E-state index contributed by atoms with van der Waals surface area (Å²) in [6.07, 6.45) is 2.13. The molecule has 1 unspecified atom stereocenters. The highest BCUT2D eigenvalue weighted by atomic mass is 16.5. The van der Waals surface area contributed by atoms with Gasteiger partial charge in [0.1, 0.15) is 0 Å². The molecule has 0 aliphatic heterocycles. The summed E-state index contributed by atoms with van der Waals surface area (Å²) in [4.78, 5) is 0. The molecule has 0 aliphatic rings. The van der Waals surface area contributed by atoms with Crippen LogP contribution in [0.5, 0.6) is 0 Å². The van der Waals surface area contributed by atoms with Gasteiger partial charge >= 0.3 is 0 Å². The SMILES string of the molecule is CCNC(CCC(C)(C)OC)c1ccccc1C(C)(C)C. The van der Waals surface area contributed by atoms with Gasteiger partial charge in [0.05, 0.1) is 5.60 Å². The molecule has 2 nitrogen and oxygen atoms in total. The third-order valence-electron chi connectivity index (χ3n) is 4.18. The van der Waals surface area contributed by atoms with E-state index in [-0.39, 0.29) is 11.0 Å². The van der Waals surface area contributed by atoms with Crippen LogP contribution in [0.15, 0.2) is 24.3 Å². The molecule has 0 heterocycles. The molecule has 1 rings (SSSR count). The van der Waals surface area contributed by atoms with Crippen molar-refractivity contribution in [1.29, 1.82) is 0 Å². The predicted molar refractivity (Wildman–Crippen MR) is 91.9 cm³/mol. The Morgan fingerprint density at radius 2 is 1.71 bits per heavy atom. The van der Waals surface area contributed by atoms with Crippen molar-refractivity contribution in [3.05, 3.63) is 35.4 Å². The average molecular weight is 291 g/mol. The molecular formula is C19H33NO. The average Bonchev–Trinajstić information content (AvgIpc) is 2.42. The zero-order valence-electron chi connectivity index (χ0n) is 14.9. The maximum absolute atomic E-state index is 5.57. The van der Waals surface area contributed by atoms with Gasteiger partial charge in [-0.2, -0.15) is 0 Å². The molecule has 0 fully saturated rings. The number of benzene rings is 1. The maximum atomic E-state index is 5.57. The van der Waals surface area contributed by atoms with E-state index in [2.05, 4.69) is 71.1 Å². The van der Waals surface area contributed by atoms with E-state index >= 15 is 0 Å². The first kappa shape index (κ1) is 18.2. The number of hydrogen-bond acceptors (Lipinski definition) is 2. The van der Waals surface area contributed by atoms with E-state index in [1.165, 1.54) is 11.1 Å². The second kappa shape index (κ2) is 7.42. The lowest BCUT2D eigenvalue weighted by Gasteiger charge is -2.30. The smallest absolute Gasteiger partial charge is 0.0623 e. The summed E-state index contributed by atoms with van der Waals surface area (Å²) in [5.74, 6) is 0. The van der Waals surface area contributed by atoms with E-state index in [0.29, 0.717) is 6.04 Å². The van der Waals surface area contributed by atoms with Crippen molar-refractivity contribution < 1.29 is 4.74 Å². The number of methoxy groups -OCH3 is 1. The van der Waals surface area contributed by atoms with E-state index in [1.807, 2.05) is 0 Å². The van der Waals surface area contributed by atoms with Gasteiger partial charge in [-0.15, -0.1) is 0 Å². The highest BCUT2D eigenvalue weighted by Crippen LogP contribution is 2.32. The van der Waals surface area contributed by atoms with E-state index in [1.54, 1.807) is 7.11 Å². The molecule has 0 amide bonds. The molecule has 0 saturated heterocycles. The first-order chi connectivity index (χ1) is 9.71. The molecule has 0 spiro atoms. The van der Waals surface area contributed by atoms with E-state index in [4.69, 9.17) is 4.74 Å². The van der Waals surface area contributed by atoms with Crippen LogP contribution in [-0.4, -0.2) is 19.3 Å². The van der Waals surface area contributed by atoms with Crippen LogP contribution in [0, 0.1) is 0 Å². The molecule has 0 aromatic heterocycles. The number of rotatable bonds is 7. The van der Waals surface area contributed by atoms with Gasteiger partial charge in [0.15, 0.2) is 0 Å². The van der Waals surface area contributed by atoms with Gasteiger partial charge in [0.2, 0.25) is 0 Å². The van der Waals surface area contributed by atoms with Gasteiger partial charge in [-0.3, -0.25) is 0 Å². The lowest BCUT2D eigenvalue weighted by Crippen LogP contribution is -2.29. The van der Waals surface area contributed by atoms with Crippen LogP contribution in [0.4, 0.5) is 0 Å². The molecule has 0 aliphatic carbocycles. The first-order valence-electron chi connectivity index (χ1n) is 8.09. The van der Waals surface area contributed by atoms with Crippen LogP contribution in [-0.2, 0) is 10.2 Å². The lowest BCUT2D eigenvalue weighted by atomic mass is 9.80. The maximum Gasteiger partial charge on any atom is 0.0623 e. The van der Waals surface area contributed by atoms with Crippen molar-refractivity contribution in [2.45, 2.75) is 71.4 Å². The Kier molecular flexibility index (Phi) is 6.42. The third-order valence-corrected chi connectivity index (χ3v) is 4.18. The fraction of sp³-hybridized carbons (Fsp3) is 0.684. The second-order valence-electron chi connectivity index (χ2n) is 7.45. The highest BCUT2D eigenvalue weighted by molar-refractivity contribution is 5.35. The molecule has 21 heavy (non-hydrogen) atoms. The van der Waals surface area contributed by atoms with Gasteiger partial charge in [-0.05, 0) is 49.8 Å². The Labute approximate surface area is 131 Å². The molecular weight excluding hydrogens is 258 g/mol. The monoisotopic (exact) mass is 291 g/mol. The summed E-state index contributed by atoms with van der Waals surface area (Å²) in [6, 6.07) is 9.22. The molecule has 0 bridgehead atoms. The lowest BCUT2D eigenvalue weighted by molar-refractivity contribution is 0.0117. The molecule has 1 atom stereocenters. The van der Waals surface area contributed by atoms with Gasteiger partial charge < -0.3 is 10.1 Å². The normalized spacial score (nSPS) is 14.2. The summed E-state index contributed by atoms with van der Waals surface area (Å²) in [6.45, 7) is 14.3. The molecule has 1 aromatic carbocycles. The minimum absolute atomic E-state index is 0.0651. The Morgan fingerprint density at radius 3 is 2.24 bits per heavy atom. The van der Waals surface area contributed by atoms with Gasteiger partial charge in [0, 0.05) is 13.2 Å². The predicted octanol–water partition coefficient (Wildman–Crippen LogP) is 4.84. The van der Waals surface area contributed by atoms with E-state index in [0.717, 1.165) is 19.4 Å². The number of hydrogen-bond donors (Lipinski definition) is 1. The molecule has 120 valence electrons. The molecule has 0 saturated carbocycles. The fourth-order valence-corrected chi connectivity index (χ4v) is 2.69. The third kappa shape index (κ3) is 5.44. The summed E-state index contributed by atoms with van der Waals surface area (Å²) < 4.78 is 5.57. The van der Waals surface area contributed by atoms with Gasteiger partial charge in [-0.25, -0.2) is 0 Å². The number of nitrogens with one attached hydrogen (secondary N) is 1. The van der Waals surface area contributed by atoms with E-state index < -0.39 is 0 Å². The molecule has 1 aromatic rings. The summed E-state index contributed by atoms with van der Waals surface area (Å²) >= 11 is 0. The van der Waals surface area contributed by atoms with Crippen LogP contribution < -0.4 is 5.32 Å². The summed E-state index contributed by atoms with van der Waals surface area (Å²) in [7, 11) is 1.80. The summed E-state index contributed by atoms with van der Waals surface area (Å²) in [5.41, 5.74) is 2.97. The van der Waals surface area contributed by atoms with Crippen molar-refractivity contribution in [3.63, 3.8) is 0 Å². The summed E-state index contributed by atoms with van der Waals surface area (Å²) in [5, 5.41) is 3.65. The molecule has 2 heteroatoms. The first-order valence-corrected chi connectivity index (χ1v) is 8.09. The molecule has 1 N–H and O–H groups in total. The second-order valence-corrected chi connectivity index (χ2v) is 7.45. The van der Waals surface area contributed by atoms with Crippen LogP contribution in [0.2, 0.25) is 0 Å². The topological polar surface area (TPSA) is 21.3 Å². The Balaban J connectivity index is 3.01.